The number of hydrogen-bond acceptors (Lipinski definition) is 4. The number of piperidine rings is 1. The van der Waals surface area contributed by atoms with Gasteiger partial charge in [0, 0.05) is 51.4 Å². The van der Waals surface area contributed by atoms with Crippen LogP contribution in [0.2, 0.25) is 0 Å². The molecule has 0 aromatic carbocycles. The molecule has 0 radical (unpaired) electrons. The first-order valence-electron chi connectivity index (χ1n) is 8.20. The van der Waals surface area contributed by atoms with Crippen molar-refractivity contribution < 1.29 is 0 Å². The van der Waals surface area contributed by atoms with Gasteiger partial charge in [-0.25, -0.2) is 0 Å². The van der Waals surface area contributed by atoms with E-state index in [-0.39, 0.29) is 0 Å². The highest BCUT2D eigenvalue weighted by Gasteiger charge is 2.32. The molecule has 0 bridgehead atoms. The summed E-state index contributed by atoms with van der Waals surface area (Å²) in [5, 5.41) is 3.44. The third-order valence-corrected chi connectivity index (χ3v) is 5.31. The first kappa shape index (κ1) is 13.8. The fourth-order valence-electron chi connectivity index (χ4n) is 3.84. The van der Waals surface area contributed by atoms with Crippen molar-refractivity contribution in [1.29, 1.82) is 0 Å². The van der Waals surface area contributed by atoms with Crippen molar-refractivity contribution in [3.8, 4) is 0 Å². The van der Waals surface area contributed by atoms with Gasteiger partial charge >= 0.3 is 0 Å². The molecule has 3 rings (SSSR count). The van der Waals surface area contributed by atoms with E-state index < -0.39 is 0 Å². The molecule has 1 unspecified atom stereocenters. The predicted molar refractivity (Wildman–Crippen MR) is 79.6 cm³/mol. The average Bonchev–Trinajstić information content (AvgIpc) is 2.40. The molecule has 3 fully saturated rings. The van der Waals surface area contributed by atoms with Crippen LogP contribution in [-0.4, -0.2) is 86.2 Å². The van der Waals surface area contributed by atoms with Gasteiger partial charge in [-0.2, -0.15) is 0 Å². The summed E-state index contributed by atoms with van der Waals surface area (Å²) in [6, 6.07) is 1.71. The summed E-state index contributed by atoms with van der Waals surface area (Å²) < 4.78 is 0. The molecule has 0 aromatic heterocycles. The first-order chi connectivity index (χ1) is 9.33. The smallest absolute Gasteiger partial charge is 0.0351 e. The summed E-state index contributed by atoms with van der Waals surface area (Å²) in [7, 11) is 2.31. The van der Waals surface area contributed by atoms with Crippen molar-refractivity contribution in [3.63, 3.8) is 0 Å². The van der Waals surface area contributed by atoms with Crippen molar-refractivity contribution in [1.82, 2.24) is 20.0 Å². The minimum absolute atomic E-state index is 0.853. The highest BCUT2D eigenvalue weighted by molar-refractivity contribution is 4.90. The maximum absolute atomic E-state index is 3.44. The summed E-state index contributed by atoms with van der Waals surface area (Å²) in [5.41, 5.74) is 0. The molecule has 1 N–H and O–H groups in total. The summed E-state index contributed by atoms with van der Waals surface area (Å²) in [6.07, 6.45) is 5.65. The third kappa shape index (κ3) is 3.48. The quantitative estimate of drug-likeness (QED) is 0.797. The van der Waals surface area contributed by atoms with Gasteiger partial charge in [0.25, 0.3) is 0 Å². The lowest BCUT2D eigenvalue weighted by atomic mass is 9.98. The Bertz CT molecular complexity index is 271. The van der Waals surface area contributed by atoms with Crippen LogP contribution < -0.4 is 5.32 Å². The van der Waals surface area contributed by atoms with E-state index in [0.29, 0.717) is 0 Å². The normalized spacial score (nSPS) is 32.4. The summed E-state index contributed by atoms with van der Waals surface area (Å²) in [6.45, 7) is 10.1. The highest BCUT2D eigenvalue weighted by atomic mass is 15.3. The molecule has 4 heteroatoms. The molecular weight excluding hydrogens is 236 g/mol. The SMILES string of the molecule is CN1CCCCC1CCN1CC(N2CCNCC2)C1. The molecule has 0 amide bonds. The van der Waals surface area contributed by atoms with Gasteiger partial charge in [0.15, 0.2) is 0 Å². The maximum Gasteiger partial charge on any atom is 0.0351 e. The Balaban J connectivity index is 1.32. The Morgan fingerprint density at radius 1 is 1.05 bits per heavy atom. The number of hydrogen-bond donors (Lipinski definition) is 1. The van der Waals surface area contributed by atoms with Gasteiger partial charge < -0.3 is 15.1 Å². The van der Waals surface area contributed by atoms with Crippen LogP contribution in [0.25, 0.3) is 0 Å². The molecule has 3 saturated heterocycles. The fourth-order valence-corrected chi connectivity index (χ4v) is 3.84. The van der Waals surface area contributed by atoms with E-state index >= 15 is 0 Å². The highest BCUT2D eigenvalue weighted by Crippen LogP contribution is 2.21. The Labute approximate surface area is 118 Å². The summed E-state index contributed by atoms with van der Waals surface area (Å²) >= 11 is 0. The Kier molecular flexibility index (Phi) is 4.74. The van der Waals surface area contributed by atoms with Crippen LogP contribution in [0.1, 0.15) is 25.7 Å². The van der Waals surface area contributed by atoms with Crippen LogP contribution >= 0.6 is 0 Å². The number of rotatable bonds is 4. The second-order valence-corrected chi connectivity index (χ2v) is 6.62. The molecule has 3 aliphatic heterocycles. The van der Waals surface area contributed by atoms with Gasteiger partial charge in [0.2, 0.25) is 0 Å². The van der Waals surface area contributed by atoms with Crippen LogP contribution in [0.5, 0.6) is 0 Å². The van der Waals surface area contributed by atoms with Crippen molar-refractivity contribution in [2.75, 3.05) is 59.4 Å². The number of nitrogens with one attached hydrogen (secondary N) is 1. The lowest BCUT2D eigenvalue weighted by Crippen LogP contribution is -2.62. The van der Waals surface area contributed by atoms with Gasteiger partial charge in [-0.05, 0) is 39.4 Å². The molecule has 3 heterocycles. The lowest BCUT2D eigenvalue weighted by molar-refractivity contribution is 0.0205. The number of nitrogens with zero attached hydrogens (tertiary/aromatic N) is 3. The molecular formula is C15H30N4. The molecule has 0 saturated carbocycles. The lowest BCUT2D eigenvalue weighted by Gasteiger charge is -2.47. The Hall–Kier alpha value is -0.160. The monoisotopic (exact) mass is 266 g/mol. The second kappa shape index (κ2) is 6.53. The minimum atomic E-state index is 0.853. The number of likely N-dealkylation sites (tertiary alicyclic amines) is 2. The zero-order chi connectivity index (χ0) is 13.1. The van der Waals surface area contributed by atoms with E-state index in [1.165, 1.54) is 78.0 Å². The van der Waals surface area contributed by atoms with Crippen LogP contribution in [0.15, 0.2) is 0 Å². The molecule has 19 heavy (non-hydrogen) atoms. The molecule has 1 atom stereocenters. The molecule has 0 aromatic rings. The van der Waals surface area contributed by atoms with Crippen LogP contribution in [0.4, 0.5) is 0 Å². The standard InChI is InChI=1S/C15H30N4/c1-17-8-3-2-4-14(17)5-9-18-12-15(13-18)19-10-6-16-7-11-19/h14-16H,2-13H2,1H3. The third-order valence-electron chi connectivity index (χ3n) is 5.31. The molecule has 4 nitrogen and oxygen atoms in total. The second-order valence-electron chi connectivity index (χ2n) is 6.62. The van der Waals surface area contributed by atoms with Gasteiger partial charge in [-0.1, -0.05) is 6.42 Å². The fraction of sp³-hybridized carbons (Fsp3) is 1.00. The summed E-state index contributed by atoms with van der Waals surface area (Å²) in [4.78, 5) is 7.92. The van der Waals surface area contributed by atoms with Crippen molar-refractivity contribution in [3.05, 3.63) is 0 Å². The molecule has 110 valence electrons. The van der Waals surface area contributed by atoms with Crippen LogP contribution in [0.3, 0.4) is 0 Å². The molecule has 3 aliphatic rings. The van der Waals surface area contributed by atoms with Crippen molar-refractivity contribution in [2.24, 2.45) is 0 Å². The van der Waals surface area contributed by atoms with E-state index in [1.807, 2.05) is 0 Å². The Morgan fingerprint density at radius 3 is 2.58 bits per heavy atom. The average molecular weight is 266 g/mol. The van der Waals surface area contributed by atoms with E-state index in [0.717, 1.165) is 12.1 Å². The molecule has 0 aliphatic carbocycles. The van der Waals surface area contributed by atoms with E-state index in [1.54, 1.807) is 0 Å². The van der Waals surface area contributed by atoms with E-state index in [9.17, 15) is 0 Å². The molecule has 0 spiro atoms. The van der Waals surface area contributed by atoms with Gasteiger partial charge in [-0.3, -0.25) is 4.90 Å². The predicted octanol–water partition coefficient (Wildman–Crippen LogP) is 0.450. The Morgan fingerprint density at radius 2 is 1.84 bits per heavy atom. The largest absolute Gasteiger partial charge is 0.314 e. The number of piperazine rings is 1. The van der Waals surface area contributed by atoms with Gasteiger partial charge in [0.05, 0.1) is 0 Å². The topological polar surface area (TPSA) is 21.8 Å². The summed E-state index contributed by atoms with van der Waals surface area (Å²) in [5.74, 6) is 0. The first-order valence-corrected chi connectivity index (χ1v) is 8.20. The van der Waals surface area contributed by atoms with Gasteiger partial charge in [0.1, 0.15) is 0 Å². The van der Waals surface area contributed by atoms with Crippen LogP contribution in [0, 0.1) is 0 Å². The minimum Gasteiger partial charge on any atom is -0.314 e. The van der Waals surface area contributed by atoms with Crippen LogP contribution in [-0.2, 0) is 0 Å². The zero-order valence-electron chi connectivity index (χ0n) is 12.5. The van der Waals surface area contributed by atoms with Crippen molar-refractivity contribution in [2.45, 2.75) is 37.8 Å². The van der Waals surface area contributed by atoms with Gasteiger partial charge in [-0.15, -0.1) is 0 Å². The maximum atomic E-state index is 3.44. The zero-order valence-corrected chi connectivity index (χ0v) is 12.5. The van der Waals surface area contributed by atoms with Crippen molar-refractivity contribution >= 4 is 0 Å². The van der Waals surface area contributed by atoms with E-state index in [4.69, 9.17) is 0 Å². The van der Waals surface area contributed by atoms with E-state index in [2.05, 4.69) is 27.1 Å².